The first-order chi connectivity index (χ1) is 8.47. The molecule has 0 spiro atoms. The van der Waals surface area contributed by atoms with Gasteiger partial charge in [0.05, 0.1) is 18.5 Å². The van der Waals surface area contributed by atoms with Crippen molar-refractivity contribution in [3.8, 4) is 6.07 Å². The monoisotopic (exact) mass is 255 g/mol. The molecule has 0 saturated carbocycles. The van der Waals surface area contributed by atoms with Crippen LogP contribution in [0.2, 0.25) is 0 Å². The van der Waals surface area contributed by atoms with E-state index < -0.39 is 5.97 Å². The summed E-state index contributed by atoms with van der Waals surface area (Å²) in [4.78, 5) is 21.8. The van der Waals surface area contributed by atoms with Gasteiger partial charge in [0.15, 0.2) is 0 Å². The van der Waals surface area contributed by atoms with Gasteiger partial charge in [0, 0.05) is 6.04 Å². The van der Waals surface area contributed by atoms with Gasteiger partial charge in [-0.3, -0.25) is 9.59 Å². The first-order valence-electron chi connectivity index (χ1n) is 6.07. The molecule has 0 aliphatic heterocycles. The van der Waals surface area contributed by atoms with E-state index in [0.717, 1.165) is 12.8 Å². The largest absolute Gasteiger partial charge is 0.481 e. The Morgan fingerprint density at radius 3 is 2.56 bits per heavy atom. The van der Waals surface area contributed by atoms with Gasteiger partial charge >= 0.3 is 5.97 Å². The molecule has 0 aromatic heterocycles. The van der Waals surface area contributed by atoms with E-state index in [-0.39, 0.29) is 31.0 Å². The average molecular weight is 255 g/mol. The smallest absolute Gasteiger partial charge is 0.306 e. The summed E-state index contributed by atoms with van der Waals surface area (Å²) >= 11 is 0. The van der Waals surface area contributed by atoms with Crippen LogP contribution in [0.1, 0.15) is 33.1 Å². The lowest BCUT2D eigenvalue weighted by atomic mass is 10.0. The predicted octanol–water partition coefficient (Wildman–Crippen LogP) is 0.495. The highest BCUT2D eigenvalue weighted by atomic mass is 16.4. The SMILES string of the molecule is CC(CCCC(C)C(=O)O)NCC(=O)NCC#N. The van der Waals surface area contributed by atoms with Crippen LogP contribution in [-0.2, 0) is 9.59 Å². The van der Waals surface area contributed by atoms with Crippen LogP contribution in [0.3, 0.4) is 0 Å². The number of nitriles is 1. The number of carboxylic acids is 1. The molecule has 0 aromatic rings. The summed E-state index contributed by atoms with van der Waals surface area (Å²) in [5, 5.41) is 22.4. The predicted molar refractivity (Wildman–Crippen MR) is 66.7 cm³/mol. The van der Waals surface area contributed by atoms with Crippen molar-refractivity contribution in [1.82, 2.24) is 10.6 Å². The summed E-state index contributed by atoms with van der Waals surface area (Å²) in [6.45, 7) is 3.83. The Hall–Kier alpha value is -1.61. The molecule has 0 radical (unpaired) electrons. The molecule has 102 valence electrons. The number of carbonyl (C=O) groups is 2. The molecule has 1 amide bonds. The van der Waals surface area contributed by atoms with Crippen molar-refractivity contribution < 1.29 is 14.7 Å². The summed E-state index contributed by atoms with van der Waals surface area (Å²) in [7, 11) is 0. The number of carbonyl (C=O) groups excluding carboxylic acids is 1. The maximum atomic E-state index is 11.2. The van der Waals surface area contributed by atoms with Gasteiger partial charge in [-0.25, -0.2) is 0 Å². The lowest BCUT2D eigenvalue weighted by Crippen LogP contribution is -2.38. The van der Waals surface area contributed by atoms with Crippen LogP contribution in [0.4, 0.5) is 0 Å². The van der Waals surface area contributed by atoms with Crippen LogP contribution in [0.5, 0.6) is 0 Å². The van der Waals surface area contributed by atoms with Crippen LogP contribution < -0.4 is 10.6 Å². The molecular formula is C12H21N3O3. The number of rotatable bonds is 9. The second kappa shape index (κ2) is 9.42. The molecule has 0 aliphatic carbocycles. The van der Waals surface area contributed by atoms with Gasteiger partial charge in [-0.05, 0) is 19.8 Å². The molecule has 0 heterocycles. The highest BCUT2D eigenvalue weighted by Crippen LogP contribution is 2.09. The topological polar surface area (TPSA) is 102 Å². The van der Waals surface area contributed by atoms with Gasteiger partial charge in [0.2, 0.25) is 5.91 Å². The first-order valence-corrected chi connectivity index (χ1v) is 6.07. The number of nitrogens with zero attached hydrogens (tertiary/aromatic N) is 1. The minimum Gasteiger partial charge on any atom is -0.481 e. The van der Waals surface area contributed by atoms with Gasteiger partial charge in [0.25, 0.3) is 0 Å². The lowest BCUT2D eigenvalue weighted by molar-refractivity contribution is -0.141. The molecule has 0 fully saturated rings. The van der Waals surface area contributed by atoms with Crippen molar-refractivity contribution in [1.29, 1.82) is 5.26 Å². The fourth-order valence-electron chi connectivity index (χ4n) is 1.42. The van der Waals surface area contributed by atoms with E-state index in [9.17, 15) is 9.59 Å². The fraction of sp³-hybridized carbons (Fsp3) is 0.750. The second-order valence-corrected chi connectivity index (χ2v) is 4.39. The van der Waals surface area contributed by atoms with Gasteiger partial charge < -0.3 is 15.7 Å². The zero-order chi connectivity index (χ0) is 14.0. The van der Waals surface area contributed by atoms with Crippen LogP contribution in [0.15, 0.2) is 0 Å². The minimum absolute atomic E-state index is 0.0189. The standard InChI is InChI=1S/C12H21N3O3/c1-9(12(17)18)4-3-5-10(2)15-8-11(16)14-7-6-13/h9-10,15H,3-5,7-8H2,1-2H3,(H,14,16)(H,17,18). The molecular weight excluding hydrogens is 234 g/mol. The van der Waals surface area contributed by atoms with Crippen LogP contribution >= 0.6 is 0 Å². The van der Waals surface area contributed by atoms with Gasteiger partial charge in [0.1, 0.15) is 6.54 Å². The molecule has 0 bridgehead atoms. The average Bonchev–Trinajstić information content (AvgIpc) is 2.33. The van der Waals surface area contributed by atoms with Crippen molar-refractivity contribution >= 4 is 11.9 Å². The summed E-state index contributed by atoms with van der Waals surface area (Å²) in [5.74, 6) is -1.30. The number of aliphatic carboxylic acids is 1. The number of nitrogens with one attached hydrogen (secondary N) is 2. The Labute approximate surface area is 107 Å². The van der Waals surface area contributed by atoms with E-state index in [2.05, 4.69) is 10.6 Å². The highest BCUT2D eigenvalue weighted by molar-refractivity contribution is 5.78. The number of hydrogen-bond acceptors (Lipinski definition) is 4. The molecule has 6 nitrogen and oxygen atoms in total. The van der Waals surface area contributed by atoms with E-state index in [1.165, 1.54) is 0 Å². The van der Waals surface area contributed by atoms with E-state index in [4.69, 9.17) is 10.4 Å². The van der Waals surface area contributed by atoms with Crippen LogP contribution in [-0.4, -0.2) is 36.1 Å². The maximum Gasteiger partial charge on any atom is 0.306 e. The molecule has 0 saturated heterocycles. The molecule has 2 atom stereocenters. The Morgan fingerprint density at radius 1 is 1.33 bits per heavy atom. The number of amides is 1. The summed E-state index contributed by atoms with van der Waals surface area (Å²) in [5.41, 5.74) is 0. The van der Waals surface area contributed by atoms with Crippen molar-refractivity contribution in [3.05, 3.63) is 0 Å². The lowest BCUT2D eigenvalue weighted by Gasteiger charge is -2.14. The Balaban J connectivity index is 3.60. The zero-order valence-corrected chi connectivity index (χ0v) is 10.9. The van der Waals surface area contributed by atoms with Gasteiger partial charge in [-0.1, -0.05) is 13.3 Å². The van der Waals surface area contributed by atoms with Crippen molar-refractivity contribution in [2.45, 2.75) is 39.2 Å². The Kier molecular flexibility index (Phi) is 8.58. The normalized spacial score (nSPS) is 13.4. The molecule has 0 aromatic carbocycles. The Bertz CT molecular complexity index is 312. The number of carboxylic acid groups (broad SMARTS) is 1. The summed E-state index contributed by atoms with van der Waals surface area (Å²) in [6.07, 6.45) is 2.27. The third-order valence-electron chi connectivity index (χ3n) is 2.67. The van der Waals surface area contributed by atoms with Crippen LogP contribution in [0.25, 0.3) is 0 Å². The van der Waals surface area contributed by atoms with Crippen LogP contribution in [0, 0.1) is 17.2 Å². The molecule has 2 unspecified atom stereocenters. The van der Waals surface area contributed by atoms with Gasteiger partial charge in [-0.15, -0.1) is 0 Å². The third kappa shape index (κ3) is 8.53. The molecule has 18 heavy (non-hydrogen) atoms. The molecule has 0 aliphatic rings. The fourth-order valence-corrected chi connectivity index (χ4v) is 1.42. The van der Waals surface area contributed by atoms with E-state index in [0.29, 0.717) is 6.42 Å². The van der Waals surface area contributed by atoms with Crippen molar-refractivity contribution in [3.63, 3.8) is 0 Å². The van der Waals surface area contributed by atoms with E-state index >= 15 is 0 Å². The number of hydrogen-bond donors (Lipinski definition) is 3. The summed E-state index contributed by atoms with van der Waals surface area (Å²) < 4.78 is 0. The maximum absolute atomic E-state index is 11.2. The molecule has 6 heteroatoms. The van der Waals surface area contributed by atoms with Gasteiger partial charge in [-0.2, -0.15) is 5.26 Å². The quantitative estimate of drug-likeness (QED) is 0.520. The first kappa shape index (κ1) is 16.4. The zero-order valence-electron chi connectivity index (χ0n) is 10.9. The van der Waals surface area contributed by atoms with Crippen molar-refractivity contribution in [2.24, 2.45) is 5.92 Å². The highest BCUT2D eigenvalue weighted by Gasteiger charge is 2.11. The van der Waals surface area contributed by atoms with Crippen molar-refractivity contribution in [2.75, 3.05) is 13.1 Å². The second-order valence-electron chi connectivity index (χ2n) is 4.39. The van der Waals surface area contributed by atoms with E-state index in [1.807, 2.05) is 13.0 Å². The third-order valence-corrected chi connectivity index (χ3v) is 2.67. The Morgan fingerprint density at radius 2 is 2.00 bits per heavy atom. The summed E-state index contributed by atoms with van der Waals surface area (Å²) in [6, 6.07) is 1.98. The minimum atomic E-state index is -0.772. The molecule has 0 rings (SSSR count). The van der Waals surface area contributed by atoms with E-state index in [1.54, 1.807) is 6.92 Å². The molecule has 3 N–H and O–H groups in total.